The summed E-state index contributed by atoms with van der Waals surface area (Å²) >= 11 is 0. The number of sulfonamides is 1. The summed E-state index contributed by atoms with van der Waals surface area (Å²) in [4.78, 5) is 29.8. The number of carboxylic acids is 1. The number of piperidine rings is 1. The monoisotopic (exact) mass is 398 g/mol. The van der Waals surface area contributed by atoms with Crippen LogP contribution in [-0.4, -0.2) is 69.3 Å². The van der Waals surface area contributed by atoms with Crippen LogP contribution in [-0.2, 0) is 26.7 Å². The maximum Gasteiger partial charge on any atom is 0.326 e. The number of carbonyl (C=O) groups excluding carboxylic acids is 1. The summed E-state index contributed by atoms with van der Waals surface area (Å²) in [6.07, 6.45) is 3.93. The standard InChI is InChI=1S/C17H26N4O5S/c1-11(17(23)24)21(14-4-5-14)16(22)13-6-8-20(9-7-13)27(25,26)15-10-19(3)12(2)18-15/h10-11,13-14H,4-9H2,1-3H3,(H,23,24). The van der Waals surface area contributed by atoms with Gasteiger partial charge in [-0.3, -0.25) is 4.79 Å². The van der Waals surface area contributed by atoms with E-state index in [0.717, 1.165) is 12.8 Å². The summed E-state index contributed by atoms with van der Waals surface area (Å²) < 4.78 is 28.5. The van der Waals surface area contributed by atoms with Gasteiger partial charge in [-0.2, -0.15) is 4.31 Å². The van der Waals surface area contributed by atoms with Crippen LogP contribution in [0.5, 0.6) is 0 Å². The van der Waals surface area contributed by atoms with E-state index in [1.165, 1.54) is 22.3 Å². The Hall–Kier alpha value is -1.94. The number of aryl methyl sites for hydroxylation is 2. The highest BCUT2D eigenvalue weighted by Gasteiger charge is 2.42. The number of hydrogen-bond acceptors (Lipinski definition) is 5. The first kappa shape index (κ1) is 19.8. The number of carboxylic acid groups (broad SMARTS) is 1. The van der Waals surface area contributed by atoms with E-state index in [-0.39, 0.29) is 36.0 Å². The Labute approximate surface area is 159 Å². The van der Waals surface area contributed by atoms with E-state index in [1.807, 2.05) is 0 Å². The van der Waals surface area contributed by atoms with Crippen molar-refractivity contribution in [3.63, 3.8) is 0 Å². The molecule has 2 aliphatic rings. The Bertz CT molecular complexity index is 818. The van der Waals surface area contributed by atoms with Crippen LogP contribution in [0.2, 0.25) is 0 Å². The second kappa shape index (κ2) is 7.23. The van der Waals surface area contributed by atoms with Crippen LogP contribution in [0.1, 0.15) is 38.4 Å². The predicted molar refractivity (Wildman–Crippen MR) is 96.4 cm³/mol. The van der Waals surface area contributed by atoms with Crippen molar-refractivity contribution in [1.82, 2.24) is 18.8 Å². The molecular weight excluding hydrogens is 372 g/mol. The van der Waals surface area contributed by atoms with Crippen molar-refractivity contribution in [3.05, 3.63) is 12.0 Å². The zero-order chi connectivity index (χ0) is 19.9. The Morgan fingerprint density at radius 2 is 1.85 bits per heavy atom. The molecule has 1 unspecified atom stereocenters. The maximum absolute atomic E-state index is 12.9. The SMILES string of the molecule is Cc1nc(S(=O)(=O)N2CCC(C(=O)N(C3CC3)C(C)C(=O)O)CC2)cn1C. The van der Waals surface area contributed by atoms with Crippen LogP contribution >= 0.6 is 0 Å². The third-order valence-electron chi connectivity index (χ3n) is 5.46. The highest BCUT2D eigenvalue weighted by Crippen LogP contribution is 2.33. The van der Waals surface area contributed by atoms with E-state index in [0.29, 0.717) is 18.7 Å². The Morgan fingerprint density at radius 1 is 1.26 bits per heavy atom. The van der Waals surface area contributed by atoms with Crippen LogP contribution in [0, 0.1) is 12.8 Å². The second-order valence-corrected chi connectivity index (χ2v) is 9.29. The van der Waals surface area contributed by atoms with Gasteiger partial charge >= 0.3 is 5.97 Å². The van der Waals surface area contributed by atoms with Crippen LogP contribution < -0.4 is 0 Å². The van der Waals surface area contributed by atoms with Crippen molar-refractivity contribution in [3.8, 4) is 0 Å². The summed E-state index contributed by atoms with van der Waals surface area (Å²) in [5.74, 6) is -0.912. The molecule has 10 heteroatoms. The third kappa shape index (κ3) is 3.86. The van der Waals surface area contributed by atoms with E-state index in [1.54, 1.807) is 18.5 Å². The lowest BCUT2D eigenvalue weighted by atomic mass is 9.95. The number of aliphatic carboxylic acids is 1. The van der Waals surface area contributed by atoms with Crippen LogP contribution in [0.4, 0.5) is 0 Å². The molecule has 1 N–H and O–H groups in total. The summed E-state index contributed by atoms with van der Waals surface area (Å²) in [7, 11) is -1.95. The van der Waals surface area contributed by atoms with Gasteiger partial charge < -0.3 is 14.6 Å². The van der Waals surface area contributed by atoms with E-state index >= 15 is 0 Å². The number of nitrogens with zero attached hydrogens (tertiary/aromatic N) is 4. The van der Waals surface area contributed by atoms with Gasteiger partial charge in [-0.05, 0) is 39.5 Å². The molecule has 2 fully saturated rings. The molecule has 150 valence electrons. The molecule has 1 aliphatic heterocycles. The van der Waals surface area contributed by atoms with Crippen molar-refractivity contribution < 1.29 is 23.1 Å². The average Bonchev–Trinajstić information content (AvgIpc) is 3.39. The molecule has 0 spiro atoms. The van der Waals surface area contributed by atoms with Gasteiger partial charge in [-0.25, -0.2) is 18.2 Å². The number of hydrogen-bond donors (Lipinski definition) is 1. The summed E-state index contributed by atoms with van der Waals surface area (Å²) in [5.41, 5.74) is 0. The molecule has 2 heterocycles. The largest absolute Gasteiger partial charge is 0.480 e. The molecule has 1 saturated carbocycles. The van der Waals surface area contributed by atoms with Gasteiger partial charge in [0.15, 0.2) is 5.03 Å². The highest BCUT2D eigenvalue weighted by atomic mass is 32.2. The van der Waals surface area contributed by atoms with Gasteiger partial charge in [0.1, 0.15) is 11.9 Å². The zero-order valence-electron chi connectivity index (χ0n) is 15.8. The first-order valence-corrected chi connectivity index (χ1v) is 10.6. The molecule has 9 nitrogen and oxygen atoms in total. The molecule has 1 saturated heterocycles. The van der Waals surface area contributed by atoms with Gasteiger partial charge in [-0.1, -0.05) is 0 Å². The third-order valence-corrected chi connectivity index (χ3v) is 7.23. The van der Waals surface area contributed by atoms with Crippen molar-refractivity contribution in [2.24, 2.45) is 13.0 Å². The fraction of sp³-hybridized carbons (Fsp3) is 0.706. The molecule has 0 radical (unpaired) electrons. The Morgan fingerprint density at radius 3 is 2.30 bits per heavy atom. The second-order valence-electron chi connectivity index (χ2n) is 7.41. The van der Waals surface area contributed by atoms with Crippen LogP contribution in [0.15, 0.2) is 11.2 Å². The predicted octanol–water partition coefficient (Wildman–Crippen LogP) is 0.593. The fourth-order valence-corrected chi connectivity index (χ4v) is 4.99. The molecule has 3 rings (SSSR count). The van der Waals surface area contributed by atoms with Gasteiger partial charge in [0.2, 0.25) is 5.91 Å². The summed E-state index contributed by atoms with van der Waals surface area (Å²) in [5, 5.41) is 9.30. The molecular formula is C17H26N4O5S. The van der Waals surface area contributed by atoms with E-state index in [4.69, 9.17) is 0 Å². The van der Waals surface area contributed by atoms with Crippen molar-refractivity contribution in [2.45, 2.75) is 56.6 Å². The average molecular weight is 398 g/mol. The first-order chi connectivity index (χ1) is 12.6. The lowest BCUT2D eigenvalue weighted by Gasteiger charge is -2.35. The van der Waals surface area contributed by atoms with Crippen molar-refractivity contribution in [1.29, 1.82) is 0 Å². The topological polar surface area (TPSA) is 113 Å². The molecule has 1 atom stereocenters. The normalized spacial score (nSPS) is 20.4. The van der Waals surface area contributed by atoms with E-state index in [9.17, 15) is 23.1 Å². The first-order valence-electron chi connectivity index (χ1n) is 9.18. The number of aromatic nitrogens is 2. The number of amides is 1. The molecule has 0 bridgehead atoms. The molecule has 1 aliphatic carbocycles. The van der Waals surface area contributed by atoms with Gasteiger partial charge in [0.25, 0.3) is 10.0 Å². The fourth-order valence-electron chi connectivity index (χ4n) is 3.50. The molecule has 1 aromatic heterocycles. The van der Waals surface area contributed by atoms with Crippen LogP contribution in [0.25, 0.3) is 0 Å². The van der Waals surface area contributed by atoms with Gasteiger partial charge in [0.05, 0.1) is 0 Å². The molecule has 0 aromatic carbocycles. The highest BCUT2D eigenvalue weighted by molar-refractivity contribution is 7.89. The lowest BCUT2D eigenvalue weighted by Crippen LogP contribution is -2.50. The van der Waals surface area contributed by atoms with Crippen molar-refractivity contribution >= 4 is 21.9 Å². The smallest absolute Gasteiger partial charge is 0.326 e. The number of rotatable bonds is 6. The number of carbonyl (C=O) groups is 2. The minimum absolute atomic E-state index is 0.00172. The van der Waals surface area contributed by atoms with E-state index in [2.05, 4.69) is 4.98 Å². The molecule has 1 amide bonds. The maximum atomic E-state index is 12.9. The van der Waals surface area contributed by atoms with Gasteiger partial charge in [0, 0.05) is 38.3 Å². The Kier molecular flexibility index (Phi) is 5.31. The molecule has 1 aromatic rings. The minimum atomic E-state index is -3.68. The Balaban J connectivity index is 1.67. The quantitative estimate of drug-likeness (QED) is 0.751. The summed E-state index contributed by atoms with van der Waals surface area (Å²) in [6, 6.07) is -0.856. The number of imidazole rings is 1. The molecule has 27 heavy (non-hydrogen) atoms. The zero-order valence-corrected chi connectivity index (χ0v) is 16.6. The van der Waals surface area contributed by atoms with Gasteiger partial charge in [-0.15, -0.1) is 0 Å². The van der Waals surface area contributed by atoms with Crippen LogP contribution in [0.3, 0.4) is 0 Å². The minimum Gasteiger partial charge on any atom is -0.480 e. The van der Waals surface area contributed by atoms with E-state index < -0.39 is 22.0 Å². The lowest BCUT2D eigenvalue weighted by molar-refractivity contribution is -0.152. The summed E-state index contributed by atoms with van der Waals surface area (Å²) in [6.45, 7) is 3.73. The van der Waals surface area contributed by atoms with Crippen molar-refractivity contribution in [2.75, 3.05) is 13.1 Å².